The lowest BCUT2D eigenvalue weighted by atomic mass is 10.1. The maximum Gasteiger partial charge on any atom is 0.172 e. The summed E-state index contributed by atoms with van der Waals surface area (Å²) < 4.78 is 5.32. The summed E-state index contributed by atoms with van der Waals surface area (Å²) in [6.45, 7) is 2.71. The maximum absolute atomic E-state index is 6.04. The molecule has 0 amide bonds. The molecule has 0 aliphatic carbocycles. The van der Waals surface area contributed by atoms with Crippen LogP contribution < -0.4 is 10.6 Å². The van der Waals surface area contributed by atoms with Crippen LogP contribution in [0.4, 0.5) is 11.5 Å². The summed E-state index contributed by atoms with van der Waals surface area (Å²) in [7, 11) is 0. The average Bonchev–Trinajstić information content (AvgIpc) is 2.88. The van der Waals surface area contributed by atoms with E-state index in [0.29, 0.717) is 17.4 Å². The van der Waals surface area contributed by atoms with E-state index in [4.69, 9.17) is 16.3 Å². The molecule has 1 aliphatic heterocycles. The predicted octanol–water partition coefficient (Wildman–Crippen LogP) is 2.04. The monoisotopic (exact) mass is 279 g/mol. The van der Waals surface area contributed by atoms with Crippen LogP contribution in [-0.2, 0) is 11.3 Å². The Bertz CT molecular complexity index is 559. The Morgan fingerprint density at radius 1 is 1.47 bits per heavy atom. The van der Waals surface area contributed by atoms with Crippen molar-refractivity contribution in [3.63, 3.8) is 0 Å². The highest BCUT2D eigenvalue weighted by atomic mass is 35.5. The molecule has 7 heteroatoms. The van der Waals surface area contributed by atoms with E-state index >= 15 is 0 Å². The number of H-pyrrole nitrogens is 1. The third kappa shape index (κ3) is 3.04. The van der Waals surface area contributed by atoms with Gasteiger partial charge >= 0.3 is 0 Å². The zero-order valence-electron chi connectivity index (χ0n) is 10.4. The number of nitrogens with one attached hydrogen (secondary N) is 3. The predicted molar refractivity (Wildman–Crippen MR) is 72.3 cm³/mol. The van der Waals surface area contributed by atoms with Crippen molar-refractivity contribution in [3.05, 3.63) is 35.0 Å². The van der Waals surface area contributed by atoms with Gasteiger partial charge in [-0.2, -0.15) is 10.3 Å². The van der Waals surface area contributed by atoms with Crippen LogP contribution in [0, 0.1) is 0 Å². The quantitative estimate of drug-likeness (QED) is 0.730. The lowest BCUT2D eigenvalue weighted by molar-refractivity contribution is 0.349. The molecule has 2 heterocycles. The molecule has 0 spiro atoms. The summed E-state index contributed by atoms with van der Waals surface area (Å²) in [4.78, 5) is 0. The maximum atomic E-state index is 6.04. The molecule has 0 bridgehead atoms. The van der Waals surface area contributed by atoms with Crippen LogP contribution in [0.5, 0.6) is 0 Å². The number of halogens is 1. The van der Waals surface area contributed by atoms with E-state index in [1.165, 1.54) is 0 Å². The Morgan fingerprint density at radius 3 is 3.00 bits per heavy atom. The topological polar surface area (TPSA) is 78.2 Å². The fourth-order valence-corrected chi connectivity index (χ4v) is 2.04. The smallest absolute Gasteiger partial charge is 0.172 e. The van der Waals surface area contributed by atoms with Crippen molar-refractivity contribution in [2.45, 2.75) is 25.8 Å². The Morgan fingerprint density at radius 2 is 2.32 bits per heavy atom. The largest absolute Gasteiger partial charge is 0.354 e. The molecule has 2 atom stereocenters. The molecule has 2 aromatic rings. The van der Waals surface area contributed by atoms with Crippen LogP contribution in [0.1, 0.15) is 12.5 Å². The van der Waals surface area contributed by atoms with Crippen LogP contribution in [0.2, 0.25) is 5.02 Å². The van der Waals surface area contributed by atoms with Gasteiger partial charge in [-0.3, -0.25) is 5.32 Å². The summed E-state index contributed by atoms with van der Waals surface area (Å²) in [6.07, 6.45) is 2.04. The number of aromatic amines is 1. The number of benzene rings is 1. The molecule has 6 nitrogen and oxygen atoms in total. The molecule has 1 fully saturated rings. The van der Waals surface area contributed by atoms with E-state index in [-0.39, 0.29) is 12.3 Å². The van der Waals surface area contributed by atoms with Crippen LogP contribution in [0.15, 0.2) is 24.4 Å². The molecule has 0 radical (unpaired) electrons. The molecule has 1 aromatic carbocycles. The van der Waals surface area contributed by atoms with Crippen molar-refractivity contribution >= 4 is 23.1 Å². The second kappa shape index (κ2) is 5.16. The molecule has 1 aromatic heterocycles. The Balaban J connectivity index is 1.74. The van der Waals surface area contributed by atoms with Crippen molar-refractivity contribution in [1.29, 1.82) is 0 Å². The van der Waals surface area contributed by atoms with Crippen molar-refractivity contribution < 1.29 is 4.74 Å². The lowest BCUT2D eigenvalue weighted by Crippen LogP contribution is -2.19. The molecule has 2 unspecified atom stereocenters. The lowest BCUT2D eigenvalue weighted by Gasteiger charge is -2.11. The van der Waals surface area contributed by atoms with E-state index in [2.05, 4.69) is 26.0 Å². The van der Waals surface area contributed by atoms with Gasteiger partial charge in [-0.25, -0.2) is 0 Å². The molecule has 3 rings (SSSR count). The number of nitrogens with zero attached hydrogens (tertiary/aromatic N) is 2. The van der Waals surface area contributed by atoms with Gasteiger partial charge in [0.05, 0.1) is 12.3 Å². The number of aromatic nitrogens is 3. The van der Waals surface area contributed by atoms with Gasteiger partial charge in [-0.15, -0.1) is 5.10 Å². The molecule has 19 heavy (non-hydrogen) atoms. The third-order valence-electron chi connectivity index (χ3n) is 2.95. The first kappa shape index (κ1) is 12.4. The van der Waals surface area contributed by atoms with Crippen molar-refractivity contribution in [3.8, 4) is 0 Å². The number of epoxide rings is 1. The highest BCUT2D eigenvalue weighted by Gasteiger charge is 2.33. The van der Waals surface area contributed by atoms with Gasteiger partial charge in [0.15, 0.2) is 5.82 Å². The van der Waals surface area contributed by atoms with E-state index in [0.717, 1.165) is 11.3 Å². The first-order chi connectivity index (χ1) is 9.22. The SMILES string of the molecule is CC1OC1NCc1cc(Cl)ccc1Nc1cn[nH]n1. The van der Waals surface area contributed by atoms with E-state index in [1.807, 2.05) is 25.1 Å². The van der Waals surface area contributed by atoms with Crippen molar-refractivity contribution in [2.24, 2.45) is 0 Å². The number of ether oxygens (including phenoxy) is 1. The van der Waals surface area contributed by atoms with Gasteiger partial charge in [-0.1, -0.05) is 11.6 Å². The normalized spacial score (nSPS) is 21.4. The summed E-state index contributed by atoms with van der Waals surface area (Å²) >= 11 is 6.04. The van der Waals surface area contributed by atoms with Gasteiger partial charge in [0.2, 0.25) is 0 Å². The number of anilines is 2. The number of rotatable bonds is 5. The molecule has 3 N–H and O–H groups in total. The Hall–Kier alpha value is -1.63. The molecule has 0 saturated carbocycles. The second-order valence-electron chi connectivity index (χ2n) is 4.42. The Kier molecular flexibility index (Phi) is 3.37. The first-order valence-corrected chi connectivity index (χ1v) is 6.40. The fraction of sp³-hybridized carbons (Fsp3) is 0.333. The van der Waals surface area contributed by atoms with E-state index < -0.39 is 0 Å². The molecular weight excluding hydrogens is 266 g/mol. The van der Waals surface area contributed by atoms with Gasteiger partial charge in [0.1, 0.15) is 6.23 Å². The summed E-state index contributed by atoms with van der Waals surface area (Å²) in [6, 6.07) is 5.68. The summed E-state index contributed by atoms with van der Waals surface area (Å²) in [5.41, 5.74) is 2.00. The van der Waals surface area contributed by atoms with Crippen LogP contribution in [-0.4, -0.2) is 27.7 Å². The first-order valence-electron chi connectivity index (χ1n) is 6.02. The standard InChI is InChI=1S/C12H14ClN5O/c1-7-12(19-7)14-5-8-4-9(13)2-3-10(8)16-11-6-15-18-17-11/h2-4,6-7,12,14H,5H2,1H3,(H2,15,16,17,18). The van der Waals surface area contributed by atoms with Crippen LogP contribution >= 0.6 is 11.6 Å². The van der Waals surface area contributed by atoms with Crippen LogP contribution in [0.25, 0.3) is 0 Å². The van der Waals surface area contributed by atoms with E-state index in [1.54, 1.807) is 6.20 Å². The molecule has 100 valence electrons. The van der Waals surface area contributed by atoms with Gasteiger partial charge < -0.3 is 10.1 Å². The fourth-order valence-electron chi connectivity index (χ4n) is 1.84. The van der Waals surface area contributed by atoms with Gasteiger partial charge in [0.25, 0.3) is 0 Å². The third-order valence-corrected chi connectivity index (χ3v) is 3.18. The zero-order valence-corrected chi connectivity index (χ0v) is 11.1. The summed E-state index contributed by atoms with van der Waals surface area (Å²) in [5, 5.41) is 17.5. The molecule has 1 saturated heterocycles. The second-order valence-corrected chi connectivity index (χ2v) is 4.86. The van der Waals surface area contributed by atoms with Crippen LogP contribution in [0.3, 0.4) is 0 Å². The highest BCUT2D eigenvalue weighted by Crippen LogP contribution is 2.25. The van der Waals surface area contributed by atoms with Gasteiger partial charge in [-0.05, 0) is 30.7 Å². The highest BCUT2D eigenvalue weighted by molar-refractivity contribution is 6.30. The van der Waals surface area contributed by atoms with Crippen molar-refractivity contribution in [1.82, 2.24) is 20.7 Å². The van der Waals surface area contributed by atoms with Gasteiger partial charge in [0, 0.05) is 17.3 Å². The number of hydrogen-bond donors (Lipinski definition) is 3. The Labute approximate surface area is 115 Å². The zero-order chi connectivity index (χ0) is 13.2. The number of hydrogen-bond acceptors (Lipinski definition) is 5. The molecular formula is C12H14ClN5O. The molecule has 1 aliphatic rings. The minimum atomic E-state index is 0.138. The minimum absolute atomic E-state index is 0.138. The minimum Gasteiger partial charge on any atom is -0.354 e. The van der Waals surface area contributed by atoms with Crippen molar-refractivity contribution in [2.75, 3.05) is 5.32 Å². The summed E-state index contributed by atoms with van der Waals surface area (Å²) in [5.74, 6) is 0.666. The van der Waals surface area contributed by atoms with E-state index in [9.17, 15) is 0 Å². The average molecular weight is 280 g/mol.